The summed E-state index contributed by atoms with van der Waals surface area (Å²) in [5.41, 5.74) is 0. The maximum Gasteiger partial charge on any atom is 0.329 e. The molecule has 1 heterocycles. The number of esters is 1. The molecule has 0 unspecified atom stereocenters. The highest BCUT2D eigenvalue weighted by Crippen LogP contribution is 2.36. The molecule has 1 aliphatic carbocycles. The first kappa shape index (κ1) is 17.6. The lowest BCUT2D eigenvalue weighted by atomic mass is 9.85. The number of urea groups is 1. The minimum atomic E-state index is -1.12. The number of nitrogens with zero attached hydrogens (tertiary/aromatic N) is 1. The van der Waals surface area contributed by atoms with E-state index in [1.807, 2.05) is 17.5 Å². The summed E-state index contributed by atoms with van der Waals surface area (Å²) in [6, 6.07) is -1.85. The molecule has 1 aliphatic heterocycles. The quantitative estimate of drug-likeness (QED) is 0.398. The van der Waals surface area contributed by atoms with Crippen molar-refractivity contribution in [1.29, 1.82) is 0 Å². The lowest BCUT2D eigenvalue weighted by Crippen LogP contribution is -2.46. The molecule has 0 aromatic carbocycles. The minimum absolute atomic E-state index is 0.395. The Bertz CT molecular complexity index is 588. The van der Waals surface area contributed by atoms with Crippen molar-refractivity contribution in [2.75, 3.05) is 13.7 Å². The fourth-order valence-electron chi connectivity index (χ4n) is 2.80. The van der Waals surface area contributed by atoms with E-state index in [1.165, 1.54) is 14.0 Å². The summed E-state index contributed by atoms with van der Waals surface area (Å²) in [6.45, 7) is 0.695. The summed E-state index contributed by atoms with van der Waals surface area (Å²) in [6.07, 6.45) is 4.65. The number of fused-ring (bicyclic) bond motifs is 1. The Morgan fingerprint density at radius 1 is 1.21 bits per heavy atom. The standard InChI is InChI=1S/C15H19N3O6/c1-8(14(22)24-7-11(19)17-15(23)16-2)18-12(20)9-5-3-4-6-10(9)13(18)21/h3-4,8-10H,5-7H2,1-2H3,(H2,16,17,19,23)/t8-,9-,10-/m0/s1. The number of allylic oxidation sites excluding steroid dienone is 2. The van der Waals surface area contributed by atoms with Gasteiger partial charge >= 0.3 is 12.0 Å². The van der Waals surface area contributed by atoms with Crippen LogP contribution in [-0.2, 0) is 23.9 Å². The van der Waals surface area contributed by atoms with Gasteiger partial charge in [-0.15, -0.1) is 0 Å². The van der Waals surface area contributed by atoms with E-state index >= 15 is 0 Å². The molecule has 130 valence electrons. The summed E-state index contributed by atoms with van der Waals surface area (Å²) in [5.74, 6) is -3.35. The van der Waals surface area contributed by atoms with Crippen LogP contribution in [0.3, 0.4) is 0 Å². The zero-order valence-corrected chi connectivity index (χ0v) is 13.4. The van der Waals surface area contributed by atoms with Gasteiger partial charge in [0.2, 0.25) is 11.8 Å². The molecule has 0 aromatic heterocycles. The second kappa shape index (κ2) is 7.24. The lowest BCUT2D eigenvalue weighted by Gasteiger charge is -2.21. The second-order valence-electron chi connectivity index (χ2n) is 5.61. The Balaban J connectivity index is 1.93. The molecule has 0 radical (unpaired) electrons. The van der Waals surface area contributed by atoms with Crippen LogP contribution in [0.15, 0.2) is 12.2 Å². The molecule has 9 heteroatoms. The van der Waals surface area contributed by atoms with Crippen molar-refractivity contribution in [1.82, 2.24) is 15.5 Å². The molecular weight excluding hydrogens is 318 g/mol. The number of carbonyl (C=O) groups is 5. The molecule has 2 N–H and O–H groups in total. The Hall–Kier alpha value is -2.71. The SMILES string of the molecule is CNC(=O)NC(=O)COC(=O)[C@H](C)N1C(=O)[C@H]2CC=CC[C@@H]2C1=O. The molecule has 0 spiro atoms. The smallest absolute Gasteiger partial charge is 0.329 e. The van der Waals surface area contributed by atoms with Crippen LogP contribution in [0.2, 0.25) is 0 Å². The van der Waals surface area contributed by atoms with E-state index < -0.39 is 54.2 Å². The van der Waals surface area contributed by atoms with Crippen molar-refractivity contribution < 1.29 is 28.7 Å². The Kier molecular flexibility index (Phi) is 5.32. The fourth-order valence-corrected chi connectivity index (χ4v) is 2.80. The van der Waals surface area contributed by atoms with Crippen LogP contribution in [0.5, 0.6) is 0 Å². The van der Waals surface area contributed by atoms with Crippen molar-refractivity contribution in [2.24, 2.45) is 11.8 Å². The molecule has 1 fully saturated rings. The van der Waals surface area contributed by atoms with Gasteiger partial charge < -0.3 is 10.1 Å². The van der Waals surface area contributed by atoms with E-state index in [0.717, 1.165) is 4.90 Å². The highest BCUT2D eigenvalue weighted by molar-refractivity contribution is 6.08. The van der Waals surface area contributed by atoms with E-state index in [1.54, 1.807) is 0 Å². The topological polar surface area (TPSA) is 122 Å². The third kappa shape index (κ3) is 3.44. The van der Waals surface area contributed by atoms with Crippen LogP contribution in [0, 0.1) is 11.8 Å². The molecule has 5 amide bonds. The van der Waals surface area contributed by atoms with Crippen molar-refractivity contribution in [2.45, 2.75) is 25.8 Å². The van der Waals surface area contributed by atoms with Crippen LogP contribution in [0.1, 0.15) is 19.8 Å². The average Bonchev–Trinajstić information content (AvgIpc) is 2.83. The van der Waals surface area contributed by atoms with E-state index in [4.69, 9.17) is 4.74 Å². The van der Waals surface area contributed by atoms with Gasteiger partial charge in [0.15, 0.2) is 6.61 Å². The first-order chi connectivity index (χ1) is 11.4. The highest BCUT2D eigenvalue weighted by Gasteiger charge is 2.50. The molecule has 24 heavy (non-hydrogen) atoms. The van der Waals surface area contributed by atoms with Gasteiger partial charge in [-0.2, -0.15) is 0 Å². The zero-order valence-electron chi connectivity index (χ0n) is 13.4. The van der Waals surface area contributed by atoms with E-state index in [0.29, 0.717) is 12.8 Å². The zero-order chi connectivity index (χ0) is 17.9. The average molecular weight is 337 g/mol. The maximum atomic E-state index is 12.3. The molecular formula is C15H19N3O6. The van der Waals surface area contributed by atoms with Gasteiger partial charge in [-0.1, -0.05) is 12.2 Å². The van der Waals surface area contributed by atoms with Gasteiger partial charge in [0.05, 0.1) is 11.8 Å². The Labute approximate surface area is 138 Å². The van der Waals surface area contributed by atoms with E-state index in [9.17, 15) is 24.0 Å². The van der Waals surface area contributed by atoms with Crippen LogP contribution >= 0.6 is 0 Å². The lowest BCUT2D eigenvalue weighted by molar-refractivity contribution is -0.159. The van der Waals surface area contributed by atoms with Gasteiger partial charge in [-0.25, -0.2) is 9.59 Å². The summed E-state index contributed by atoms with van der Waals surface area (Å²) in [7, 11) is 1.33. The Morgan fingerprint density at radius 2 is 1.75 bits per heavy atom. The molecule has 1 saturated heterocycles. The minimum Gasteiger partial charge on any atom is -0.454 e. The third-order valence-electron chi connectivity index (χ3n) is 4.10. The van der Waals surface area contributed by atoms with Crippen LogP contribution < -0.4 is 10.6 Å². The number of imide groups is 2. The summed E-state index contributed by atoms with van der Waals surface area (Å²) < 4.78 is 4.78. The van der Waals surface area contributed by atoms with Gasteiger partial charge in [-0.3, -0.25) is 24.6 Å². The number of carbonyl (C=O) groups excluding carboxylic acids is 5. The molecule has 2 rings (SSSR count). The van der Waals surface area contributed by atoms with Crippen LogP contribution in [0.4, 0.5) is 4.79 Å². The Morgan fingerprint density at radius 3 is 2.25 bits per heavy atom. The number of amides is 5. The summed E-state index contributed by atoms with van der Waals surface area (Å²) in [4.78, 5) is 60.0. The monoisotopic (exact) mass is 337 g/mol. The molecule has 0 aromatic rings. The van der Waals surface area contributed by atoms with Gasteiger partial charge in [-0.05, 0) is 19.8 Å². The van der Waals surface area contributed by atoms with Gasteiger partial charge in [0.25, 0.3) is 5.91 Å². The maximum absolute atomic E-state index is 12.3. The van der Waals surface area contributed by atoms with Crippen molar-refractivity contribution >= 4 is 29.7 Å². The molecule has 0 saturated carbocycles. The van der Waals surface area contributed by atoms with E-state index in [2.05, 4.69) is 5.32 Å². The fraction of sp³-hybridized carbons (Fsp3) is 0.533. The largest absolute Gasteiger partial charge is 0.454 e. The number of nitrogens with one attached hydrogen (secondary N) is 2. The first-order valence-corrected chi connectivity index (χ1v) is 7.57. The summed E-state index contributed by atoms with van der Waals surface area (Å²) >= 11 is 0. The second-order valence-corrected chi connectivity index (χ2v) is 5.61. The van der Waals surface area contributed by atoms with Gasteiger partial charge in [0.1, 0.15) is 6.04 Å². The summed E-state index contributed by atoms with van der Waals surface area (Å²) in [5, 5.41) is 4.11. The number of rotatable bonds is 4. The number of likely N-dealkylation sites (tertiary alicyclic amines) is 1. The van der Waals surface area contributed by atoms with Crippen molar-refractivity contribution in [3.05, 3.63) is 12.2 Å². The van der Waals surface area contributed by atoms with Crippen LogP contribution in [0.25, 0.3) is 0 Å². The predicted octanol–water partition coefficient (Wildman–Crippen LogP) is -0.675. The first-order valence-electron chi connectivity index (χ1n) is 7.57. The molecule has 0 bridgehead atoms. The number of ether oxygens (including phenoxy) is 1. The molecule has 2 aliphatic rings. The normalized spacial score (nSPS) is 23.5. The molecule has 3 atom stereocenters. The number of hydrogen-bond acceptors (Lipinski definition) is 6. The van der Waals surface area contributed by atoms with Gasteiger partial charge in [0, 0.05) is 7.05 Å². The third-order valence-corrected chi connectivity index (χ3v) is 4.10. The highest BCUT2D eigenvalue weighted by atomic mass is 16.5. The van der Waals surface area contributed by atoms with Crippen molar-refractivity contribution in [3.8, 4) is 0 Å². The van der Waals surface area contributed by atoms with E-state index in [-0.39, 0.29) is 0 Å². The van der Waals surface area contributed by atoms with Crippen molar-refractivity contribution in [3.63, 3.8) is 0 Å². The number of hydrogen-bond donors (Lipinski definition) is 2. The molecule has 9 nitrogen and oxygen atoms in total. The predicted molar refractivity (Wildman–Crippen MR) is 80.2 cm³/mol. The van der Waals surface area contributed by atoms with Crippen LogP contribution in [-0.4, -0.2) is 54.3 Å².